The molecule has 2 rings (SSSR count). The van der Waals surface area contributed by atoms with E-state index in [1.54, 1.807) is 0 Å². The topological polar surface area (TPSA) is 35.9 Å². The zero-order valence-electron chi connectivity index (χ0n) is 13.0. The van der Waals surface area contributed by atoms with Crippen LogP contribution in [0.2, 0.25) is 0 Å². The van der Waals surface area contributed by atoms with Crippen LogP contribution in [0.4, 0.5) is 11.4 Å². The predicted octanol–water partition coefficient (Wildman–Crippen LogP) is 3.78. The zero-order chi connectivity index (χ0) is 15.4. The second kappa shape index (κ2) is 6.72. The first-order chi connectivity index (χ1) is 10.1. The second-order valence-electron chi connectivity index (χ2n) is 5.20. The van der Waals surface area contributed by atoms with Crippen molar-refractivity contribution in [1.29, 1.82) is 0 Å². The fourth-order valence-corrected chi connectivity index (χ4v) is 3.27. The largest absolute Gasteiger partial charge is 0.377 e. The van der Waals surface area contributed by atoms with E-state index < -0.39 is 0 Å². The van der Waals surface area contributed by atoms with Gasteiger partial charge in [0.2, 0.25) is 0 Å². The van der Waals surface area contributed by atoms with Crippen LogP contribution in [0.3, 0.4) is 0 Å². The van der Waals surface area contributed by atoms with Crippen molar-refractivity contribution in [2.75, 3.05) is 32.6 Å². The van der Waals surface area contributed by atoms with Crippen molar-refractivity contribution in [2.24, 2.45) is 4.99 Å². The Kier molecular flexibility index (Phi) is 4.96. The Morgan fingerprint density at radius 2 is 2.05 bits per heavy atom. The molecule has 0 bridgehead atoms. The maximum absolute atomic E-state index is 11.4. The van der Waals surface area contributed by atoms with E-state index in [0.717, 1.165) is 40.7 Å². The molecule has 0 saturated heterocycles. The van der Waals surface area contributed by atoms with Crippen molar-refractivity contribution >= 4 is 45.4 Å². The monoisotopic (exact) mass is 303 g/mol. The van der Waals surface area contributed by atoms with Gasteiger partial charge in [0, 0.05) is 43.5 Å². The Labute approximate surface area is 129 Å². The average molecular weight is 303 g/mol. The van der Waals surface area contributed by atoms with Gasteiger partial charge in [-0.05, 0) is 18.6 Å². The van der Waals surface area contributed by atoms with Crippen molar-refractivity contribution in [3.63, 3.8) is 0 Å². The number of hydrogen-bond acceptors (Lipinski definition) is 4. The number of fused-ring (bicyclic) bond motifs is 1. The highest BCUT2D eigenvalue weighted by molar-refractivity contribution is 7.21. The molecule has 1 heterocycles. The van der Waals surface area contributed by atoms with Crippen LogP contribution in [0.1, 0.15) is 23.0 Å². The van der Waals surface area contributed by atoms with Crippen LogP contribution in [0.25, 0.3) is 10.1 Å². The van der Waals surface area contributed by atoms with Crippen molar-refractivity contribution in [3.05, 3.63) is 23.1 Å². The first kappa shape index (κ1) is 15.5. The molecule has 112 valence electrons. The Hall–Kier alpha value is -1.88. The number of hydrogen-bond donors (Lipinski definition) is 0. The van der Waals surface area contributed by atoms with Crippen LogP contribution in [-0.2, 0) is 0 Å². The third kappa shape index (κ3) is 3.24. The molecule has 5 heteroatoms. The fraction of sp³-hybridized carbons (Fsp3) is 0.375. The number of anilines is 1. The number of aliphatic imine (C=N–C) groups is 1. The molecule has 0 N–H and O–H groups in total. The molecule has 4 nitrogen and oxygen atoms in total. The molecule has 0 saturated carbocycles. The number of carbonyl (C=O) groups is 1. The highest BCUT2D eigenvalue weighted by Gasteiger charge is 2.15. The first-order valence-corrected chi connectivity index (χ1v) is 7.82. The van der Waals surface area contributed by atoms with E-state index in [1.807, 2.05) is 44.5 Å². The molecule has 0 amide bonds. The van der Waals surface area contributed by atoms with Crippen LogP contribution in [0.15, 0.2) is 23.2 Å². The van der Waals surface area contributed by atoms with Gasteiger partial charge in [-0.2, -0.15) is 0 Å². The molecule has 21 heavy (non-hydrogen) atoms. The Morgan fingerprint density at radius 3 is 2.67 bits per heavy atom. The number of carbonyl (C=O) groups excluding carboxylic acids is 1. The molecule has 0 fully saturated rings. The average Bonchev–Trinajstić information content (AvgIpc) is 2.82. The summed E-state index contributed by atoms with van der Waals surface area (Å²) in [6.07, 6.45) is 3.78. The van der Waals surface area contributed by atoms with Gasteiger partial charge in [-0.25, -0.2) is 4.99 Å². The van der Waals surface area contributed by atoms with Gasteiger partial charge < -0.3 is 9.80 Å². The summed E-state index contributed by atoms with van der Waals surface area (Å²) in [6.45, 7) is 3.08. The van der Waals surface area contributed by atoms with Gasteiger partial charge in [0.15, 0.2) is 6.29 Å². The fourth-order valence-electron chi connectivity index (χ4n) is 2.28. The van der Waals surface area contributed by atoms with Crippen LogP contribution in [-0.4, -0.2) is 45.2 Å². The summed E-state index contributed by atoms with van der Waals surface area (Å²) in [5.74, 6) is 0. The van der Waals surface area contributed by atoms with Crippen LogP contribution >= 0.6 is 11.3 Å². The molecule has 2 aromatic rings. The number of benzene rings is 1. The normalized spacial score (nSPS) is 11.2. The van der Waals surface area contributed by atoms with Crippen molar-refractivity contribution in [1.82, 2.24) is 4.90 Å². The second-order valence-corrected chi connectivity index (χ2v) is 6.29. The predicted molar refractivity (Wildman–Crippen MR) is 92.6 cm³/mol. The number of nitrogens with zero attached hydrogens (tertiary/aromatic N) is 3. The number of thiophene rings is 1. The third-order valence-electron chi connectivity index (χ3n) is 3.24. The van der Waals surface area contributed by atoms with E-state index in [0.29, 0.717) is 4.88 Å². The molecule has 1 aromatic carbocycles. The highest BCUT2D eigenvalue weighted by Crippen LogP contribution is 2.41. The minimum absolute atomic E-state index is 0.681. The molecular weight excluding hydrogens is 282 g/mol. The summed E-state index contributed by atoms with van der Waals surface area (Å²) in [4.78, 5) is 20.7. The van der Waals surface area contributed by atoms with E-state index in [9.17, 15) is 4.79 Å². The summed E-state index contributed by atoms with van der Waals surface area (Å²) >= 11 is 1.49. The molecule has 0 atom stereocenters. The lowest BCUT2D eigenvalue weighted by Gasteiger charge is -2.14. The first-order valence-electron chi connectivity index (χ1n) is 7.01. The van der Waals surface area contributed by atoms with Crippen molar-refractivity contribution in [2.45, 2.75) is 13.3 Å². The molecule has 1 aromatic heterocycles. The van der Waals surface area contributed by atoms with Gasteiger partial charge in [-0.3, -0.25) is 4.79 Å². The lowest BCUT2D eigenvalue weighted by molar-refractivity contribution is 0.112. The van der Waals surface area contributed by atoms with E-state index in [1.165, 1.54) is 11.3 Å². The third-order valence-corrected chi connectivity index (χ3v) is 4.31. The Morgan fingerprint density at radius 1 is 1.29 bits per heavy atom. The summed E-state index contributed by atoms with van der Waals surface area (Å²) in [5.41, 5.74) is 1.86. The van der Waals surface area contributed by atoms with Gasteiger partial charge in [0.1, 0.15) is 0 Å². The molecule has 0 aliphatic carbocycles. The lowest BCUT2D eigenvalue weighted by Crippen LogP contribution is -2.16. The minimum Gasteiger partial charge on any atom is -0.377 e. The molecule has 0 unspecified atom stereocenters. The van der Waals surface area contributed by atoms with Crippen LogP contribution in [0.5, 0.6) is 0 Å². The van der Waals surface area contributed by atoms with E-state index in [-0.39, 0.29) is 0 Å². The smallest absolute Gasteiger partial charge is 0.162 e. The number of aldehydes is 1. The highest BCUT2D eigenvalue weighted by atomic mass is 32.1. The summed E-state index contributed by atoms with van der Waals surface area (Å²) in [7, 11) is 6.00. The Balaban J connectivity index is 2.57. The van der Waals surface area contributed by atoms with Gasteiger partial charge in [-0.1, -0.05) is 13.0 Å². The molecular formula is C16H21N3OS. The maximum Gasteiger partial charge on any atom is 0.162 e. The molecule has 0 radical (unpaired) electrons. The summed E-state index contributed by atoms with van der Waals surface area (Å²) in [6, 6.07) is 6.10. The molecule has 0 spiro atoms. The lowest BCUT2D eigenvalue weighted by atomic mass is 10.1. The Bertz CT molecular complexity index is 661. The minimum atomic E-state index is 0.681. The van der Waals surface area contributed by atoms with Gasteiger partial charge in [0.25, 0.3) is 0 Å². The van der Waals surface area contributed by atoms with Gasteiger partial charge in [0.05, 0.1) is 16.9 Å². The van der Waals surface area contributed by atoms with Crippen molar-refractivity contribution < 1.29 is 4.79 Å². The quantitative estimate of drug-likeness (QED) is 0.463. The number of rotatable bonds is 6. The van der Waals surface area contributed by atoms with Gasteiger partial charge in [-0.15, -0.1) is 11.3 Å². The van der Waals surface area contributed by atoms with E-state index >= 15 is 0 Å². The SMILES string of the molecule is CCCN(C)C=Nc1c(C=O)sc2cccc(N(C)C)c12. The van der Waals surface area contributed by atoms with E-state index in [2.05, 4.69) is 22.9 Å². The summed E-state index contributed by atoms with van der Waals surface area (Å²) in [5, 5.41) is 1.05. The zero-order valence-corrected chi connectivity index (χ0v) is 13.8. The van der Waals surface area contributed by atoms with E-state index in [4.69, 9.17) is 0 Å². The maximum atomic E-state index is 11.4. The standard InChI is InChI=1S/C16H21N3OS/c1-5-9-19(4)11-17-16-14(10-20)21-13-8-6-7-12(15(13)16)18(2)3/h6-8,10-11H,5,9H2,1-4H3. The van der Waals surface area contributed by atoms with Crippen LogP contribution in [0, 0.1) is 0 Å². The summed E-state index contributed by atoms with van der Waals surface area (Å²) < 4.78 is 1.09. The van der Waals surface area contributed by atoms with Crippen LogP contribution < -0.4 is 4.90 Å². The molecule has 0 aliphatic heterocycles. The molecule has 0 aliphatic rings. The van der Waals surface area contributed by atoms with Crippen molar-refractivity contribution in [3.8, 4) is 0 Å². The van der Waals surface area contributed by atoms with Gasteiger partial charge >= 0.3 is 0 Å².